The van der Waals surface area contributed by atoms with Gasteiger partial charge in [-0.1, -0.05) is 18.2 Å². The minimum Gasteiger partial charge on any atom is -0.469 e. The van der Waals surface area contributed by atoms with E-state index in [1.165, 1.54) is 12.8 Å². The standard InChI is InChI=1S/C15H22N2O2/c1-16-9-6-10-17(13-7-4-3-5-8-13)14(12-16)11-15(18)19-2/h3-5,7-8,14H,6,9-12H2,1-2H3. The molecule has 19 heavy (non-hydrogen) atoms. The van der Waals surface area contributed by atoms with E-state index >= 15 is 0 Å². The van der Waals surface area contributed by atoms with Crippen LogP contribution in [0.25, 0.3) is 0 Å². The van der Waals surface area contributed by atoms with Crippen LogP contribution in [0.1, 0.15) is 12.8 Å². The summed E-state index contributed by atoms with van der Waals surface area (Å²) in [4.78, 5) is 16.2. The largest absolute Gasteiger partial charge is 0.469 e. The summed E-state index contributed by atoms with van der Waals surface area (Å²) >= 11 is 0. The molecule has 1 saturated heterocycles. The number of benzene rings is 1. The molecule has 4 nitrogen and oxygen atoms in total. The number of nitrogens with zero attached hydrogens (tertiary/aromatic N) is 2. The van der Waals surface area contributed by atoms with E-state index in [1.807, 2.05) is 18.2 Å². The van der Waals surface area contributed by atoms with Gasteiger partial charge in [-0.3, -0.25) is 4.79 Å². The van der Waals surface area contributed by atoms with E-state index in [4.69, 9.17) is 4.74 Å². The van der Waals surface area contributed by atoms with Crippen molar-refractivity contribution in [3.63, 3.8) is 0 Å². The maximum absolute atomic E-state index is 11.6. The Labute approximate surface area is 115 Å². The van der Waals surface area contributed by atoms with Crippen LogP contribution < -0.4 is 4.90 Å². The van der Waals surface area contributed by atoms with Crippen molar-refractivity contribution in [3.8, 4) is 0 Å². The van der Waals surface area contributed by atoms with Crippen LogP contribution in [-0.2, 0) is 9.53 Å². The molecule has 1 aromatic carbocycles. The van der Waals surface area contributed by atoms with Gasteiger partial charge < -0.3 is 14.5 Å². The quantitative estimate of drug-likeness (QED) is 0.777. The number of rotatable bonds is 3. The third-order valence-electron chi connectivity index (χ3n) is 3.62. The average Bonchev–Trinajstić information content (AvgIpc) is 2.61. The van der Waals surface area contributed by atoms with Crippen molar-refractivity contribution in [2.45, 2.75) is 18.9 Å². The monoisotopic (exact) mass is 262 g/mol. The number of para-hydroxylation sites is 1. The number of carbonyl (C=O) groups excluding carboxylic acids is 1. The molecule has 1 unspecified atom stereocenters. The van der Waals surface area contributed by atoms with Crippen LogP contribution >= 0.6 is 0 Å². The molecule has 0 spiro atoms. The number of ether oxygens (including phenoxy) is 1. The van der Waals surface area contributed by atoms with Crippen LogP contribution in [0.3, 0.4) is 0 Å². The fraction of sp³-hybridized carbons (Fsp3) is 0.533. The first-order valence-electron chi connectivity index (χ1n) is 6.77. The molecule has 1 atom stereocenters. The van der Waals surface area contributed by atoms with Gasteiger partial charge in [0.05, 0.1) is 19.6 Å². The van der Waals surface area contributed by atoms with E-state index in [-0.39, 0.29) is 12.0 Å². The predicted octanol–water partition coefficient (Wildman–Crippen LogP) is 1.76. The van der Waals surface area contributed by atoms with Crippen LogP contribution in [0.5, 0.6) is 0 Å². The summed E-state index contributed by atoms with van der Waals surface area (Å²) in [6.07, 6.45) is 1.55. The summed E-state index contributed by atoms with van der Waals surface area (Å²) in [6, 6.07) is 10.5. The van der Waals surface area contributed by atoms with Gasteiger partial charge in [0.15, 0.2) is 0 Å². The molecule has 2 rings (SSSR count). The van der Waals surface area contributed by atoms with E-state index < -0.39 is 0 Å². The second-order valence-corrected chi connectivity index (χ2v) is 5.08. The first-order valence-corrected chi connectivity index (χ1v) is 6.77. The molecule has 0 amide bonds. The lowest BCUT2D eigenvalue weighted by atomic mass is 10.1. The normalized spacial score (nSPS) is 20.9. The van der Waals surface area contributed by atoms with Crippen LogP contribution in [0.15, 0.2) is 30.3 Å². The molecule has 104 valence electrons. The Morgan fingerprint density at radius 3 is 2.74 bits per heavy atom. The van der Waals surface area contributed by atoms with Crippen molar-refractivity contribution in [2.24, 2.45) is 0 Å². The number of anilines is 1. The van der Waals surface area contributed by atoms with Crippen molar-refractivity contribution in [3.05, 3.63) is 30.3 Å². The van der Waals surface area contributed by atoms with Gasteiger partial charge in [-0.05, 0) is 32.1 Å². The van der Waals surface area contributed by atoms with Gasteiger partial charge in [0, 0.05) is 18.8 Å². The number of likely N-dealkylation sites (N-methyl/N-ethyl adjacent to an activating group) is 1. The summed E-state index contributed by atoms with van der Waals surface area (Å²) in [5, 5.41) is 0. The number of methoxy groups -OCH3 is 1. The van der Waals surface area contributed by atoms with Crippen LogP contribution in [0, 0.1) is 0 Å². The van der Waals surface area contributed by atoms with Crippen LogP contribution in [0.2, 0.25) is 0 Å². The Morgan fingerprint density at radius 2 is 2.05 bits per heavy atom. The molecular weight excluding hydrogens is 240 g/mol. The van der Waals surface area contributed by atoms with Crippen LogP contribution in [0.4, 0.5) is 5.69 Å². The number of hydrogen-bond acceptors (Lipinski definition) is 4. The highest BCUT2D eigenvalue weighted by atomic mass is 16.5. The lowest BCUT2D eigenvalue weighted by Gasteiger charge is -2.32. The summed E-state index contributed by atoms with van der Waals surface area (Å²) in [5.74, 6) is -0.138. The predicted molar refractivity (Wildman–Crippen MR) is 76.3 cm³/mol. The highest BCUT2D eigenvalue weighted by Gasteiger charge is 2.26. The zero-order valence-electron chi connectivity index (χ0n) is 11.7. The lowest BCUT2D eigenvalue weighted by molar-refractivity contribution is -0.141. The Hall–Kier alpha value is -1.55. The fourth-order valence-electron chi connectivity index (χ4n) is 2.65. The molecule has 1 aromatic rings. The van der Waals surface area contributed by atoms with Gasteiger partial charge in [0.2, 0.25) is 0 Å². The van der Waals surface area contributed by atoms with Crippen molar-refractivity contribution in [1.29, 1.82) is 0 Å². The first kappa shape index (κ1) is 13.9. The minimum atomic E-state index is -0.138. The second kappa shape index (κ2) is 6.57. The SMILES string of the molecule is COC(=O)CC1CN(C)CCCN1c1ccccc1. The Morgan fingerprint density at radius 1 is 1.32 bits per heavy atom. The van der Waals surface area contributed by atoms with Gasteiger partial charge in [-0.2, -0.15) is 0 Å². The number of carbonyl (C=O) groups is 1. The maximum atomic E-state index is 11.6. The molecule has 0 radical (unpaired) electrons. The molecule has 1 aliphatic heterocycles. The molecule has 0 aromatic heterocycles. The Bertz CT molecular complexity index is 408. The molecule has 1 aliphatic rings. The smallest absolute Gasteiger partial charge is 0.307 e. The highest BCUT2D eigenvalue weighted by molar-refractivity contribution is 5.71. The van der Waals surface area contributed by atoms with Crippen molar-refractivity contribution < 1.29 is 9.53 Å². The molecule has 0 N–H and O–H groups in total. The van der Waals surface area contributed by atoms with Crippen molar-refractivity contribution in [2.75, 3.05) is 38.7 Å². The molecule has 4 heteroatoms. The lowest BCUT2D eigenvalue weighted by Crippen LogP contribution is -2.42. The first-order chi connectivity index (χ1) is 9.20. The van der Waals surface area contributed by atoms with Gasteiger partial charge in [0.1, 0.15) is 0 Å². The van der Waals surface area contributed by atoms with E-state index in [2.05, 4.69) is 29.0 Å². The zero-order chi connectivity index (χ0) is 13.7. The maximum Gasteiger partial charge on any atom is 0.307 e. The van der Waals surface area contributed by atoms with Crippen molar-refractivity contribution in [1.82, 2.24) is 4.90 Å². The Kier molecular flexibility index (Phi) is 4.80. The molecule has 0 bridgehead atoms. The summed E-state index contributed by atoms with van der Waals surface area (Å²) in [5.41, 5.74) is 1.19. The van der Waals surface area contributed by atoms with Gasteiger partial charge in [-0.15, -0.1) is 0 Å². The molecule has 0 aliphatic carbocycles. The summed E-state index contributed by atoms with van der Waals surface area (Å²) < 4.78 is 4.83. The third kappa shape index (κ3) is 3.70. The number of hydrogen-bond donors (Lipinski definition) is 0. The molecule has 0 saturated carbocycles. The van der Waals surface area contributed by atoms with E-state index in [0.717, 1.165) is 26.1 Å². The molecule has 1 fully saturated rings. The average molecular weight is 262 g/mol. The molecular formula is C15H22N2O2. The van der Waals surface area contributed by atoms with Gasteiger partial charge in [0.25, 0.3) is 0 Å². The fourth-order valence-corrected chi connectivity index (χ4v) is 2.65. The summed E-state index contributed by atoms with van der Waals surface area (Å²) in [7, 11) is 3.56. The van der Waals surface area contributed by atoms with E-state index in [9.17, 15) is 4.79 Å². The van der Waals surface area contributed by atoms with E-state index in [1.54, 1.807) is 0 Å². The van der Waals surface area contributed by atoms with Crippen LogP contribution in [-0.4, -0.2) is 50.7 Å². The molecule has 1 heterocycles. The van der Waals surface area contributed by atoms with Crippen molar-refractivity contribution >= 4 is 11.7 Å². The van der Waals surface area contributed by atoms with E-state index in [0.29, 0.717) is 6.42 Å². The summed E-state index contributed by atoms with van der Waals surface area (Å²) in [6.45, 7) is 2.95. The van der Waals surface area contributed by atoms with Gasteiger partial charge >= 0.3 is 5.97 Å². The second-order valence-electron chi connectivity index (χ2n) is 5.08. The zero-order valence-corrected chi connectivity index (χ0v) is 11.7. The highest BCUT2D eigenvalue weighted by Crippen LogP contribution is 2.21. The Balaban J connectivity index is 2.18. The topological polar surface area (TPSA) is 32.8 Å². The van der Waals surface area contributed by atoms with Gasteiger partial charge in [-0.25, -0.2) is 0 Å². The minimum absolute atomic E-state index is 0.138. The number of esters is 1. The third-order valence-corrected chi connectivity index (χ3v) is 3.62.